The van der Waals surface area contributed by atoms with Crippen LogP contribution in [0.4, 0.5) is 5.69 Å². The van der Waals surface area contributed by atoms with E-state index in [9.17, 15) is 14.4 Å². The number of piperidine rings is 1. The van der Waals surface area contributed by atoms with Crippen molar-refractivity contribution >= 4 is 23.5 Å². The molecular weight excluding hydrogens is 400 g/mol. The number of ether oxygens (including phenoxy) is 3. The lowest BCUT2D eigenvalue weighted by Gasteiger charge is -2.31. The minimum absolute atomic E-state index is 0.115. The molecule has 0 atom stereocenters. The molecule has 2 aromatic rings. The van der Waals surface area contributed by atoms with Gasteiger partial charge in [0.25, 0.3) is 5.91 Å². The fraction of sp³-hybridized carbons (Fsp3) is 0.348. The molecule has 0 bridgehead atoms. The molecule has 2 amide bonds. The highest BCUT2D eigenvalue weighted by Crippen LogP contribution is 2.29. The van der Waals surface area contributed by atoms with Crippen molar-refractivity contribution in [1.82, 2.24) is 4.90 Å². The number of likely N-dealkylation sites (tertiary alicyclic amines) is 1. The number of carbonyl (C=O) groups is 3. The summed E-state index contributed by atoms with van der Waals surface area (Å²) in [7, 11) is 4.36. The van der Waals surface area contributed by atoms with Crippen molar-refractivity contribution in [2.75, 3.05) is 39.7 Å². The molecule has 0 unspecified atom stereocenters. The van der Waals surface area contributed by atoms with Crippen LogP contribution in [0.25, 0.3) is 0 Å². The first-order valence-corrected chi connectivity index (χ1v) is 9.98. The SMILES string of the molecule is COC(=O)c1ccccc1NC(=O)C1CCN(C(=O)c2ccc(OC)c(OC)c2)CC1. The second-order valence-corrected chi connectivity index (χ2v) is 7.16. The van der Waals surface area contributed by atoms with Gasteiger partial charge in [-0.05, 0) is 43.2 Å². The summed E-state index contributed by atoms with van der Waals surface area (Å²) in [6.07, 6.45) is 1.07. The highest BCUT2D eigenvalue weighted by Gasteiger charge is 2.29. The number of para-hydroxylation sites is 1. The van der Waals surface area contributed by atoms with E-state index in [0.717, 1.165) is 0 Å². The molecule has 3 rings (SSSR count). The molecule has 1 saturated heterocycles. The van der Waals surface area contributed by atoms with Crippen LogP contribution >= 0.6 is 0 Å². The summed E-state index contributed by atoms with van der Waals surface area (Å²) in [5.41, 5.74) is 1.23. The molecule has 1 fully saturated rings. The molecule has 0 aliphatic carbocycles. The molecule has 1 aliphatic heterocycles. The standard InChI is InChI=1S/C23H26N2O6/c1-29-19-9-8-16(14-20(19)30-2)22(27)25-12-10-15(11-13-25)21(26)24-18-7-5-4-6-17(18)23(28)31-3/h4-9,14-15H,10-13H2,1-3H3,(H,24,26). The van der Waals surface area contributed by atoms with Crippen LogP contribution in [0.1, 0.15) is 33.6 Å². The lowest BCUT2D eigenvalue weighted by Crippen LogP contribution is -2.41. The Balaban J connectivity index is 1.61. The van der Waals surface area contributed by atoms with E-state index in [2.05, 4.69) is 5.32 Å². The van der Waals surface area contributed by atoms with Gasteiger partial charge in [0.2, 0.25) is 5.91 Å². The molecule has 8 heteroatoms. The Morgan fingerprint density at radius 2 is 1.61 bits per heavy atom. The van der Waals surface area contributed by atoms with Gasteiger partial charge in [0.1, 0.15) is 0 Å². The topological polar surface area (TPSA) is 94.2 Å². The summed E-state index contributed by atoms with van der Waals surface area (Å²) in [4.78, 5) is 39.2. The molecule has 0 radical (unpaired) electrons. The third kappa shape index (κ3) is 4.96. The molecule has 1 N–H and O–H groups in total. The van der Waals surface area contributed by atoms with Crippen molar-refractivity contribution in [3.05, 3.63) is 53.6 Å². The van der Waals surface area contributed by atoms with E-state index in [-0.39, 0.29) is 17.7 Å². The van der Waals surface area contributed by atoms with Crippen LogP contribution in [-0.2, 0) is 9.53 Å². The molecule has 31 heavy (non-hydrogen) atoms. The van der Waals surface area contributed by atoms with E-state index in [0.29, 0.717) is 54.2 Å². The Morgan fingerprint density at radius 1 is 0.935 bits per heavy atom. The molecule has 164 valence electrons. The lowest BCUT2D eigenvalue weighted by molar-refractivity contribution is -0.121. The summed E-state index contributed by atoms with van der Waals surface area (Å²) < 4.78 is 15.3. The number of methoxy groups -OCH3 is 3. The van der Waals surface area contributed by atoms with Gasteiger partial charge in [0, 0.05) is 24.6 Å². The number of hydrogen-bond acceptors (Lipinski definition) is 6. The van der Waals surface area contributed by atoms with Gasteiger partial charge in [-0.15, -0.1) is 0 Å². The number of nitrogens with one attached hydrogen (secondary N) is 1. The molecule has 2 aromatic carbocycles. The fourth-order valence-corrected chi connectivity index (χ4v) is 3.61. The van der Waals surface area contributed by atoms with Crippen LogP contribution in [0, 0.1) is 5.92 Å². The first-order chi connectivity index (χ1) is 15.0. The van der Waals surface area contributed by atoms with E-state index in [1.165, 1.54) is 14.2 Å². The smallest absolute Gasteiger partial charge is 0.339 e. The molecule has 1 heterocycles. The zero-order valence-corrected chi connectivity index (χ0v) is 17.8. The second kappa shape index (κ2) is 9.97. The first kappa shape index (κ1) is 22.1. The number of carbonyl (C=O) groups excluding carboxylic acids is 3. The third-order valence-corrected chi connectivity index (χ3v) is 5.37. The zero-order valence-electron chi connectivity index (χ0n) is 17.8. The predicted molar refractivity (Wildman–Crippen MR) is 115 cm³/mol. The molecule has 0 aromatic heterocycles. The maximum Gasteiger partial charge on any atom is 0.339 e. The van der Waals surface area contributed by atoms with Gasteiger partial charge in [-0.1, -0.05) is 12.1 Å². The quantitative estimate of drug-likeness (QED) is 0.714. The lowest BCUT2D eigenvalue weighted by atomic mass is 9.95. The van der Waals surface area contributed by atoms with E-state index < -0.39 is 5.97 Å². The van der Waals surface area contributed by atoms with E-state index in [1.807, 2.05) is 0 Å². The van der Waals surface area contributed by atoms with Gasteiger partial charge in [-0.25, -0.2) is 4.79 Å². The largest absolute Gasteiger partial charge is 0.493 e. The minimum Gasteiger partial charge on any atom is -0.493 e. The summed E-state index contributed by atoms with van der Waals surface area (Å²) in [5.74, 6) is 0.00496. The normalized spacial score (nSPS) is 14.0. The highest BCUT2D eigenvalue weighted by atomic mass is 16.5. The Bertz CT molecular complexity index is 966. The maximum absolute atomic E-state index is 12.9. The van der Waals surface area contributed by atoms with E-state index in [4.69, 9.17) is 14.2 Å². The number of anilines is 1. The highest BCUT2D eigenvalue weighted by molar-refractivity contribution is 6.02. The van der Waals surface area contributed by atoms with Crippen molar-refractivity contribution in [3.63, 3.8) is 0 Å². The van der Waals surface area contributed by atoms with Crippen molar-refractivity contribution in [2.24, 2.45) is 5.92 Å². The maximum atomic E-state index is 12.9. The second-order valence-electron chi connectivity index (χ2n) is 7.16. The van der Waals surface area contributed by atoms with Gasteiger partial charge < -0.3 is 24.4 Å². The Kier molecular flexibility index (Phi) is 7.12. The number of hydrogen-bond donors (Lipinski definition) is 1. The minimum atomic E-state index is -0.508. The van der Waals surface area contributed by atoms with E-state index >= 15 is 0 Å². The summed E-state index contributed by atoms with van der Waals surface area (Å²) in [5, 5.41) is 2.83. The predicted octanol–water partition coefficient (Wildman–Crippen LogP) is 2.98. The monoisotopic (exact) mass is 426 g/mol. The van der Waals surface area contributed by atoms with Gasteiger partial charge in [0.15, 0.2) is 11.5 Å². The van der Waals surface area contributed by atoms with E-state index in [1.54, 1.807) is 54.5 Å². The Morgan fingerprint density at radius 3 is 2.26 bits per heavy atom. The molecule has 0 spiro atoms. The molecule has 1 aliphatic rings. The fourth-order valence-electron chi connectivity index (χ4n) is 3.61. The number of nitrogens with zero attached hydrogens (tertiary/aromatic N) is 1. The average molecular weight is 426 g/mol. The first-order valence-electron chi connectivity index (χ1n) is 9.98. The number of rotatable bonds is 6. The Labute approximate surface area is 181 Å². The van der Waals surface area contributed by atoms with Crippen LogP contribution in [0.2, 0.25) is 0 Å². The van der Waals surface area contributed by atoms with Gasteiger partial charge in [-0.2, -0.15) is 0 Å². The number of benzene rings is 2. The summed E-state index contributed by atoms with van der Waals surface area (Å²) in [6, 6.07) is 11.8. The van der Waals surface area contributed by atoms with Gasteiger partial charge in [-0.3, -0.25) is 9.59 Å². The van der Waals surface area contributed by atoms with Crippen molar-refractivity contribution in [1.29, 1.82) is 0 Å². The molecule has 0 saturated carbocycles. The van der Waals surface area contributed by atoms with Crippen molar-refractivity contribution < 1.29 is 28.6 Å². The molecular formula is C23H26N2O6. The van der Waals surface area contributed by atoms with Crippen LogP contribution in [0.5, 0.6) is 11.5 Å². The van der Waals surface area contributed by atoms with Crippen molar-refractivity contribution in [3.8, 4) is 11.5 Å². The van der Waals surface area contributed by atoms with Gasteiger partial charge in [0.05, 0.1) is 32.6 Å². The third-order valence-electron chi connectivity index (χ3n) is 5.37. The van der Waals surface area contributed by atoms with Crippen LogP contribution in [-0.4, -0.2) is 57.1 Å². The number of amides is 2. The Hall–Kier alpha value is -3.55. The van der Waals surface area contributed by atoms with Crippen molar-refractivity contribution in [2.45, 2.75) is 12.8 Å². The summed E-state index contributed by atoms with van der Waals surface area (Å²) >= 11 is 0. The number of esters is 1. The van der Waals surface area contributed by atoms with Crippen LogP contribution in [0.3, 0.4) is 0 Å². The molecule has 8 nitrogen and oxygen atoms in total. The average Bonchev–Trinajstić information content (AvgIpc) is 2.83. The summed E-state index contributed by atoms with van der Waals surface area (Å²) in [6.45, 7) is 0.924. The zero-order chi connectivity index (χ0) is 22.4. The van der Waals surface area contributed by atoms with Gasteiger partial charge >= 0.3 is 5.97 Å². The van der Waals surface area contributed by atoms with Crippen LogP contribution in [0.15, 0.2) is 42.5 Å². The van der Waals surface area contributed by atoms with Crippen LogP contribution < -0.4 is 14.8 Å².